The Hall–Kier alpha value is -1.28. The topological polar surface area (TPSA) is 75.9 Å². The van der Waals surface area contributed by atoms with Crippen LogP contribution in [0.25, 0.3) is 5.69 Å². The number of carbonyl (C=O) groups is 1. The second kappa shape index (κ2) is 9.03. The molecule has 2 aromatic rings. The van der Waals surface area contributed by atoms with Crippen molar-refractivity contribution in [1.29, 1.82) is 0 Å². The SMILES string of the molecule is CCN(CC(Cl)(Cl)Cl)c1nc(C(=O)NC)nc(Cl)c1-n1nc(C)cc1C(C)C. The lowest BCUT2D eigenvalue weighted by atomic mass is 10.1. The number of carbonyl (C=O) groups excluding carboxylic acids is 1. The quantitative estimate of drug-likeness (QED) is 0.506. The van der Waals surface area contributed by atoms with Crippen LogP contribution in [-0.2, 0) is 0 Å². The van der Waals surface area contributed by atoms with Crippen LogP contribution in [0.15, 0.2) is 6.07 Å². The van der Waals surface area contributed by atoms with Gasteiger partial charge in [0.25, 0.3) is 5.91 Å². The molecule has 2 heterocycles. The Bertz CT molecular complexity index is 862. The van der Waals surface area contributed by atoms with Gasteiger partial charge in [-0.2, -0.15) is 5.10 Å². The first-order valence-corrected chi connectivity index (χ1v) is 10.2. The van der Waals surface area contributed by atoms with E-state index in [4.69, 9.17) is 46.4 Å². The third-order valence-electron chi connectivity index (χ3n) is 3.97. The summed E-state index contributed by atoms with van der Waals surface area (Å²) < 4.78 is 0.130. The Morgan fingerprint density at radius 2 is 1.96 bits per heavy atom. The number of halogens is 4. The fraction of sp³-hybridized carbons (Fsp3) is 0.529. The van der Waals surface area contributed by atoms with Gasteiger partial charge >= 0.3 is 0 Å². The maximum Gasteiger partial charge on any atom is 0.288 e. The zero-order valence-corrected chi connectivity index (χ0v) is 19.2. The molecule has 0 saturated heterocycles. The van der Waals surface area contributed by atoms with E-state index in [0.717, 1.165) is 11.4 Å². The summed E-state index contributed by atoms with van der Waals surface area (Å²) in [6.45, 7) is 8.35. The van der Waals surface area contributed by atoms with Gasteiger partial charge in [0.15, 0.2) is 11.0 Å². The molecule has 28 heavy (non-hydrogen) atoms. The molecule has 2 rings (SSSR count). The van der Waals surface area contributed by atoms with Crippen LogP contribution >= 0.6 is 46.4 Å². The van der Waals surface area contributed by atoms with E-state index < -0.39 is 9.70 Å². The highest BCUT2D eigenvalue weighted by atomic mass is 35.6. The molecule has 0 aliphatic rings. The summed E-state index contributed by atoms with van der Waals surface area (Å²) >= 11 is 24.6. The molecule has 0 radical (unpaired) electrons. The Kier molecular flexibility index (Phi) is 7.42. The largest absolute Gasteiger partial charge is 0.352 e. The summed E-state index contributed by atoms with van der Waals surface area (Å²) in [6, 6.07) is 1.96. The fourth-order valence-corrected chi connectivity index (χ4v) is 3.37. The molecule has 11 heteroatoms. The van der Waals surface area contributed by atoms with Crippen molar-refractivity contribution < 1.29 is 4.79 Å². The van der Waals surface area contributed by atoms with Gasteiger partial charge in [-0.1, -0.05) is 60.3 Å². The minimum absolute atomic E-state index is 0.0406. The molecule has 0 saturated carbocycles. The van der Waals surface area contributed by atoms with Gasteiger partial charge in [0.2, 0.25) is 9.62 Å². The van der Waals surface area contributed by atoms with E-state index in [1.54, 1.807) is 9.58 Å². The van der Waals surface area contributed by atoms with Gasteiger partial charge < -0.3 is 10.2 Å². The number of hydrogen-bond acceptors (Lipinski definition) is 5. The Balaban J connectivity index is 2.79. The van der Waals surface area contributed by atoms with Crippen molar-refractivity contribution in [3.63, 3.8) is 0 Å². The second-order valence-corrected chi connectivity index (χ2v) is 9.37. The molecule has 154 valence electrons. The lowest BCUT2D eigenvalue weighted by Gasteiger charge is -2.28. The zero-order chi connectivity index (χ0) is 21.2. The van der Waals surface area contributed by atoms with Crippen molar-refractivity contribution >= 4 is 58.1 Å². The normalized spacial score (nSPS) is 11.8. The molecule has 1 N–H and O–H groups in total. The van der Waals surface area contributed by atoms with Gasteiger partial charge in [-0.05, 0) is 25.8 Å². The van der Waals surface area contributed by atoms with Gasteiger partial charge in [-0.3, -0.25) is 4.79 Å². The third kappa shape index (κ3) is 5.20. The molecule has 0 aromatic carbocycles. The van der Waals surface area contributed by atoms with Crippen LogP contribution in [0.3, 0.4) is 0 Å². The average Bonchev–Trinajstić information content (AvgIpc) is 2.99. The molecule has 0 bridgehead atoms. The Morgan fingerprint density at radius 1 is 1.32 bits per heavy atom. The van der Waals surface area contributed by atoms with Crippen molar-refractivity contribution in [2.24, 2.45) is 0 Å². The van der Waals surface area contributed by atoms with Crippen LogP contribution in [0, 0.1) is 6.92 Å². The smallest absolute Gasteiger partial charge is 0.288 e. The van der Waals surface area contributed by atoms with Crippen molar-refractivity contribution in [3.05, 3.63) is 28.4 Å². The highest BCUT2D eigenvalue weighted by Gasteiger charge is 2.29. The highest BCUT2D eigenvalue weighted by Crippen LogP contribution is 2.35. The molecule has 0 aliphatic heterocycles. The van der Waals surface area contributed by atoms with E-state index in [-0.39, 0.29) is 23.4 Å². The Labute approximate surface area is 184 Å². The first-order chi connectivity index (χ1) is 13.0. The number of amides is 1. The Morgan fingerprint density at radius 3 is 2.46 bits per heavy atom. The van der Waals surface area contributed by atoms with Crippen molar-refractivity contribution in [1.82, 2.24) is 25.1 Å². The highest BCUT2D eigenvalue weighted by molar-refractivity contribution is 6.67. The van der Waals surface area contributed by atoms with Crippen molar-refractivity contribution in [2.45, 2.75) is 37.4 Å². The van der Waals surface area contributed by atoms with Crippen LogP contribution in [-0.4, -0.2) is 49.6 Å². The van der Waals surface area contributed by atoms with Gasteiger partial charge in [-0.15, -0.1) is 0 Å². The molecular formula is C17H22Cl4N6O. The number of nitrogens with zero attached hydrogens (tertiary/aromatic N) is 5. The van der Waals surface area contributed by atoms with Crippen LogP contribution in [0.2, 0.25) is 5.15 Å². The van der Waals surface area contributed by atoms with Crippen molar-refractivity contribution in [3.8, 4) is 5.69 Å². The number of aryl methyl sites for hydroxylation is 1. The van der Waals surface area contributed by atoms with E-state index >= 15 is 0 Å². The number of hydrogen-bond donors (Lipinski definition) is 1. The summed E-state index contributed by atoms with van der Waals surface area (Å²) in [4.78, 5) is 22.4. The van der Waals surface area contributed by atoms with Crippen molar-refractivity contribution in [2.75, 3.05) is 25.0 Å². The fourth-order valence-electron chi connectivity index (χ4n) is 2.70. The number of nitrogens with one attached hydrogen (secondary N) is 1. The average molecular weight is 468 g/mol. The second-order valence-electron chi connectivity index (χ2n) is 6.50. The van der Waals surface area contributed by atoms with E-state index in [1.165, 1.54) is 7.05 Å². The van der Waals surface area contributed by atoms with E-state index in [9.17, 15) is 4.79 Å². The zero-order valence-electron chi connectivity index (χ0n) is 16.2. The molecule has 1 amide bonds. The van der Waals surface area contributed by atoms with Crippen LogP contribution in [0.4, 0.5) is 5.82 Å². The number of rotatable bonds is 6. The third-order valence-corrected chi connectivity index (χ3v) is 4.59. The van der Waals surface area contributed by atoms with E-state index in [2.05, 4.69) is 20.4 Å². The van der Waals surface area contributed by atoms with E-state index in [1.807, 2.05) is 33.8 Å². The first kappa shape index (κ1) is 23.0. The number of alkyl halides is 3. The minimum atomic E-state index is -1.56. The maximum atomic E-state index is 12.1. The maximum absolute atomic E-state index is 12.1. The summed E-state index contributed by atoms with van der Waals surface area (Å²) in [6.07, 6.45) is 0. The lowest BCUT2D eigenvalue weighted by molar-refractivity contribution is 0.0953. The van der Waals surface area contributed by atoms with Gasteiger partial charge in [0.05, 0.1) is 12.2 Å². The number of anilines is 1. The van der Waals surface area contributed by atoms with Gasteiger partial charge in [-0.25, -0.2) is 14.6 Å². The first-order valence-electron chi connectivity index (χ1n) is 8.66. The monoisotopic (exact) mass is 466 g/mol. The van der Waals surface area contributed by atoms with Gasteiger partial charge in [0, 0.05) is 19.3 Å². The van der Waals surface area contributed by atoms with Crippen LogP contribution < -0.4 is 10.2 Å². The standard InChI is InChI=1S/C17H22Cl4N6O/c1-6-26(8-17(19,20)21)15-12(13(18)23-14(24-15)16(28)22-5)27-11(9(2)3)7-10(4)25-27/h7,9H,6,8H2,1-5H3,(H,22,28). The number of aromatic nitrogens is 4. The molecule has 0 aliphatic carbocycles. The van der Waals surface area contributed by atoms with E-state index in [0.29, 0.717) is 18.1 Å². The van der Waals surface area contributed by atoms with Gasteiger partial charge in [0.1, 0.15) is 5.69 Å². The molecule has 2 aromatic heterocycles. The molecule has 0 fully saturated rings. The summed E-state index contributed by atoms with van der Waals surface area (Å²) in [7, 11) is 1.49. The summed E-state index contributed by atoms with van der Waals surface area (Å²) in [5, 5.41) is 7.13. The summed E-state index contributed by atoms with van der Waals surface area (Å²) in [5.41, 5.74) is 2.16. The predicted octanol–water partition coefficient (Wildman–Crippen LogP) is 4.30. The predicted molar refractivity (Wildman–Crippen MR) is 115 cm³/mol. The van der Waals surface area contributed by atoms with Crippen LogP contribution in [0.5, 0.6) is 0 Å². The van der Waals surface area contributed by atoms with Crippen LogP contribution in [0.1, 0.15) is 48.7 Å². The molecular weight excluding hydrogens is 446 g/mol. The molecule has 0 spiro atoms. The molecule has 0 atom stereocenters. The summed E-state index contributed by atoms with van der Waals surface area (Å²) in [5.74, 6) is -0.0336. The minimum Gasteiger partial charge on any atom is -0.352 e. The lowest BCUT2D eigenvalue weighted by Crippen LogP contribution is -2.35. The molecule has 7 nitrogen and oxygen atoms in total. The molecule has 0 unspecified atom stereocenters.